The van der Waals surface area contributed by atoms with Gasteiger partial charge in [-0.2, -0.15) is 0 Å². The summed E-state index contributed by atoms with van der Waals surface area (Å²) in [5.74, 6) is 1.67. The second-order valence-corrected chi connectivity index (χ2v) is 6.31. The Morgan fingerprint density at radius 3 is 2.90 bits per heavy atom. The van der Waals surface area contributed by atoms with Gasteiger partial charge >= 0.3 is 0 Å². The lowest BCUT2D eigenvalue weighted by atomic mass is 9.97. The quantitative estimate of drug-likeness (QED) is 0.888. The van der Waals surface area contributed by atoms with E-state index in [4.69, 9.17) is 0 Å². The molecule has 20 heavy (non-hydrogen) atoms. The van der Waals surface area contributed by atoms with E-state index in [0.29, 0.717) is 0 Å². The molecule has 1 saturated carbocycles. The number of fused-ring (bicyclic) bond motifs is 1. The lowest BCUT2D eigenvalue weighted by Crippen LogP contribution is -2.42. The van der Waals surface area contributed by atoms with Crippen molar-refractivity contribution in [3.8, 4) is 0 Å². The number of nitrogens with one attached hydrogen (secondary N) is 2. The molecule has 0 radical (unpaired) electrons. The van der Waals surface area contributed by atoms with Crippen LogP contribution in [0, 0.1) is 11.8 Å². The van der Waals surface area contributed by atoms with Gasteiger partial charge in [0.2, 0.25) is 5.91 Å². The third kappa shape index (κ3) is 2.88. The highest BCUT2D eigenvalue weighted by Gasteiger charge is 2.27. The second-order valence-electron chi connectivity index (χ2n) is 6.31. The van der Waals surface area contributed by atoms with Crippen LogP contribution in [0.1, 0.15) is 38.2 Å². The van der Waals surface area contributed by atoms with E-state index in [9.17, 15) is 4.79 Å². The molecule has 3 atom stereocenters. The van der Waals surface area contributed by atoms with Crippen molar-refractivity contribution in [1.82, 2.24) is 5.32 Å². The Morgan fingerprint density at radius 1 is 1.25 bits per heavy atom. The predicted molar refractivity (Wildman–Crippen MR) is 81.7 cm³/mol. The molecule has 3 nitrogen and oxygen atoms in total. The summed E-state index contributed by atoms with van der Waals surface area (Å²) in [4.78, 5) is 12.3. The molecule has 3 unspecified atom stereocenters. The fraction of sp³-hybridized carbons (Fsp3) is 0.588. The van der Waals surface area contributed by atoms with Crippen molar-refractivity contribution in [1.29, 1.82) is 0 Å². The van der Waals surface area contributed by atoms with Gasteiger partial charge in [0.25, 0.3) is 0 Å². The van der Waals surface area contributed by atoms with Crippen LogP contribution in [-0.4, -0.2) is 18.5 Å². The minimum atomic E-state index is -0.0461. The molecule has 1 aliphatic heterocycles. The minimum absolute atomic E-state index is 0.0461. The van der Waals surface area contributed by atoms with Gasteiger partial charge in [0.05, 0.1) is 6.04 Å². The van der Waals surface area contributed by atoms with E-state index in [1.165, 1.54) is 24.8 Å². The molecule has 0 bridgehead atoms. The van der Waals surface area contributed by atoms with Crippen LogP contribution in [0.5, 0.6) is 0 Å². The molecular formula is C17H24N2O. The molecule has 2 aliphatic rings. The fourth-order valence-electron chi connectivity index (χ4n) is 3.52. The van der Waals surface area contributed by atoms with Crippen molar-refractivity contribution < 1.29 is 4.79 Å². The van der Waals surface area contributed by atoms with Crippen molar-refractivity contribution in [2.75, 3.05) is 11.9 Å². The molecule has 0 spiro atoms. The summed E-state index contributed by atoms with van der Waals surface area (Å²) in [7, 11) is 0. The number of benzene rings is 1. The lowest BCUT2D eigenvalue weighted by molar-refractivity contribution is -0.118. The average Bonchev–Trinajstić information content (AvgIpc) is 2.78. The van der Waals surface area contributed by atoms with Crippen LogP contribution in [0.2, 0.25) is 0 Å². The molecule has 1 heterocycles. The van der Waals surface area contributed by atoms with Gasteiger partial charge in [-0.25, -0.2) is 0 Å². The number of anilines is 1. The maximum Gasteiger partial charge on any atom is 0.241 e. The van der Waals surface area contributed by atoms with Crippen molar-refractivity contribution in [3.63, 3.8) is 0 Å². The Kier molecular flexibility index (Phi) is 4.06. The second kappa shape index (κ2) is 5.96. The summed E-state index contributed by atoms with van der Waals surface area (Å²) < 4.78 is 0. The summed E-state index contributed by atoms with van der Waals surface area (Å²) in [5, 5.41) is 6.56. The van der Waals surface area contributed by atoms with Crippen LogP contribution >= 0.6 is 0 Å². The number of amides is 1. The molecule has 1 amide bonds. The molecule has 1 fully saturated rings. The van der Waals surface area contributed by atoms with Crippen molar-refractivity contribution in [3.05, 3.63) is 29.8 Å². The molecule has 108 valence electrons. The van der Waals surface area contributed by atoms with Crippen molar-refractivity contribution in [2.24, 2.45) is 11.8 Å². The maximum atomic E-state index is 12.3. The number of hydrogen-bond donors (Lipinski definition) is 2. The summed E-state index contributed by atoms with van der Waals surface area (Å²) >= 11 is 0. The first-order valence-electron chi connectivity index (χ1n) is 7.86. The molecule has 3 rings (SSSR count). The SMILES string of the molecule is CC1CCCC1CNC1CCc2ccccc2NC1=O. The highest BCUT2D eigenvalue weighted by atomic mass is 16.2. The third-order valence-electron chi connectivity index (χ3n) is 4.96. The van der Waals surface area contributed by atoms with E-state index < -0.39 is 0 Å². The Bertz CT molecular complexity index is 486. The van der Waals surface area contributed by atoms with Gasteiger partial charge in [0, 0.05) is 5.69 Å². The first kappa shape index (κ1) is 13.6. The van der Waals surface area contributed by atoms with E-state index in [0.717, 1.165) is 36.9 Å². The summed E-state index contributed by atoms with van der Waals surface area (Å²) in [6, 6.07) is 8.08. The molecule has 0 saturated heterocycles. The maximum absolute atomic E-state index is 12.3. The first-order chi connectivity index (χ1) is 9.74. The molecule has 1 aromatic rings. The zero-order chi connectivity index (χ0) is 13.9. The Labute approximate surface area is 121 Å². The van der Waals surface area contributed by atoms with E-state index in [-0.39, 0.29) is 11.9 Å². The smallest absolute Gasteiger partial charge is 0.241 e. The Hall–Kier alpha value is -1.35. The molecule has 1 aromatic carbocycles. The fourth-order valence-corrected chi connectivity index (χ4v) is 3.52. The number of carbonyl (C=O) groups is 1. The highest BCUT2D eigenvalue weighted by Crippen LogP contribution is 2.30. The van der Waals surface area contributed by atoms with E-state index >= 15 is 0 Å². The normalized spacial score (nSPS) is 29.6. The predicted octanol–water partition coefficient (Wildman–Crippen LogP) is 2.97. The number of para-hydroxylation sites is 1. The van der Waals surface area contributed by atoms with Crippen molar-refractivity contribution in [2.45, 2.75) is 45.1 Å². The average molecular weight is 272 g/mol. The largest absolute Gasteiger partial charge is 0.324 e. The van der Waals surface area contributed by atoms with Crippen LogP contribution in [-0.2, 0) is 11.2 Å². The zero-order valence-corrected chi connectivity index (χ0v) is 12.2. The summed E-state index contributed by atoms with van der Waals surface area (Å²) in [6.07, 6.45) is 5.85. The number of carbonyl (C=O) groups excluding carboxylic acids is 1. The van der Waals surface area contributed by atoms with Crippen LogP contribution < -0.4 is 10.6 Å². The molecule has 3 heteroatoms. The standard InChI is InChI=1S/C17H24N2O/c1-12-5-4-7-14(12)11-18-16-10-9-13-6-2-3-8-15(13)19-17(16)20/h2-3,6,8,12,14,16,18H,4-5,7,9-11H2,1H3,(H,19,20). The van der Waals surface area contributed by atoms with Gasteiger partial charge in [-0.05, 0) is 49.3 Å². The van der Waals surface area contributed by atoms with Gasteiger partial charge in [-0.3, -0.25) is 4.79 Å². The zero-order valence-electron chi connectivity index (χ0n) is 12.2. The van der Waals surface area contributed by atoms with Gasteiger partial charge in [-0.1, -0.05) is 38.0 Å². The van der Waals surface area contributed by atoms with Crippen molar-refractivity contribution >= 4 is 11.6 Å². The van der Waals surface area contributed by atoms with E-state index in [2.05, 4.69) is 23.6 Å². The Balaban J connectivity index is 1.60. The third-order valence-corrected chi connectivity index (χ3v) is 4.96. The summed E-state index contributed by atoms with van der Waals surface area (Å²) in [5.41, 5.74) is 2.23. The summed E-state index contributed by atoms with van der Waals surface area (Å²) in [6.45, 7) is 3.32. The molecule has 0 aromatic heterocycles. The highest BCUT2D eigenvalue weighted by molar-refractivity contribution is 5.96. The first-order valence-corrected chi connectivity index (χ1v) is 7.86. The minimum Gasteiger partial charge on any atom is -0.324 e. The number of aryl methyl sites for hydroxylation is 1. The monoisotopic (exact) mass is 272 g/mol. The van der Waals surface area contributed by atoms with Gasteiger partial charge in [0.15, 0.2) is 0 Å². The van der Waals surface area contributed by atoms with E-state index in [1.54, 1.807) is 0 Å². The van der Waals surface area contributed by atoms with Crippen LogP contribution in [0.4, 0.5) is 5.69 Å². The number of rotatable bonds is 3. The lowest BCUT2D eigenvalue weighted by Gasteiger charge is -2.20. The van der Waals surface area contributed by atoms with Crippen LogP contribution in [0.15, 0.2) is 24.3 Å². The van der Waals surface area contributed by atoms with Gasteiger partial charge < -0.3 is 10.6 Å². The molecule has 1 aliphatic carbocycles. The molecule has 2 N–H and O–H groups in total. The topological polar surface area (TPSA) is 41.1 Å². The van der Waals surface area contributed by atoms with Crippen LogP contribution in [0.25, 0.3) is 0 Å². The Morgan fingerprint density at radius 2 is 2.10 bits per heavy atom. The van der Waals surface area contributed by atoms with Gasteiger partial charge in [-0.15, -0.1) is 0 Å². The molecular weight excluding hydrogens is 248 g/mol. The van der Waals surface area contributed by atoms with Crippen LogP contribution in [0.3, 0.4) is 0 Å². The number of hydrogen-bond acceptors (Lipinski definition) is 2. The van der Waals surface area contributed by atoms with E-state index in [1.807, 2.05) is 18.2 Å². The van der Waals surface area contributed by atoms with Gasteiger partial charge in [0.1, 0.15) is 0 Å².